The Morgan fingerprint density at radius 1 is 1.33 bits per heavy atom. The summed E-state index contributed by atoms with van der Waals surface area (Å²) in [6, 6.07) is 6.50. The van der Waals surface area contributed by atoms with E-state index in [9.17, 15) is 9.90 Å². The van der Waals surface area contributed by atoms with E-state index in [4.69, 9.17) is 4.74 Å². The van der Waals surface area contributed by atoms with Crippen LogP contribution in [0.5, 0.6) is 5.75 Å². The molecule has 0 unspecified atom stereocenters. The van der Waals surface area contributed by atoms with Crippen LogP contribution in [0.2, 0.25) is 0 Å². The normalized spacial score (nSPS) is 16.4. The molecular formula is C14H19NO3. The highest BCUT2D eigenvalue weighted by molar-refractivity contribution is 5.91. The summed E-state index contributed by atoms with van der Waals surface area (Å²) in [5, 5.41) is 12.0. The zero-order valence-corrected chi connectivity index (χ0v) is 10.4. The van der Waals surface area contributed by atoms with E-state index >= 15 is 0 Å². The van der Waals surface area contributed by atoms with E-state index in [0.29, 0.717) is 5.69 Å². The van der Waals surface area contributed by atoms with Gasteiger partial charge in [0.2, 0.25) is 5.91 Å². The molecule has 0 saturated heterocycles. The first-order chi connectivity index (χ1) is 8.74. The van der Waals surface area contributed by atoms with Gasteiger partial charge >= 0.3 is 0 Å². The molecule has 4 nitrogen and oxygen atoms in total. The highest BCUT2D eigenvalue weighted by Crippen LogP contribution is 2.20. The minimum absolute atomic E-state index is 0.0837. The summed E-state index contributed by atoms with van der Waals surface area (Å²) < 4.78 is 5.57. The second-order valence-corrected chi connectivity index (χ2v) is 4.67. The Bertz CT molecular complexity index is 400. The van der Waals surface area contributed by atoms with E-state index in [2.05, 4.69) is 5.32 Å². The number of phenols is 1. The van der Waals surface area contributed by atoms with Crippen molar-refractivity contribution in [2.24, 2.45) is 0 Å². The number of nitrogens with one attached hydrogen (secondary N) is 1. The molecule has 1 aromatic rings. The van der Waals surface area contributed by atoms with Gasteiger partial charge in [-0.25, -0.2) is 0 Å². The molecule has 1 aliphatic rings. The number of rotatable bonds is 4. The third-order valence-electron chi connectivity index (χ3n) is 3.13. The van der Waals surface area contributed by atoms with Gasteiger partial charge in [0.25, 0.3) is 0 Å². The first kappa shape index (κ1) is 12.9. The Balaban J connectivity index is 1.74. The molecule has 1 aliphatic carbocycles. The lowest BCUT2D eigenvalue weighted by molar-refractivity contribution is -0.123. The lowest BCUT2D eigenvalue weighted by Gasteiger charge is -2.21. The largest absolute Gasteiger partial charge is 0.508 e. The number of hydrogen-bond donors (Lipinski definition) is 2. The predicted molar refractivity (Wildman–Crippen MR) is 69.6 cm³/mol. The molecular weight excluding hydrogens is 230 g/mol. The Morgan fingerprint density at radius 2 is 2.11 bits per heavy atom. The van der Waals surface area contributed by atoms with Gasteiger partial charge in [0.05, 0.1) is 6.10 Å². The minimum Gasteiger partial charge on any atom is -0.508 e. The van der Waals surface area contributed by atoms with Crippen molar-refractivity contribution in [1.29, 1.82) is 0 Å². The highest BCUT2D eigenvalue weighted by Gasteiger charge is 2.15. The molecule has 0 spiro atoms. The van der Waals surface area contributed by atoms with Gasteiger partial charge in [-0.05, 0) is 25.0 Å². The smallest absolute Gasteiger partial charge is 0.250 e. The number of hydrogen-bond acceptors (Lipinski definition) is 3. The standard InChI is InChI=1S/C14H19NO3/c16-12-6-4-5-11(9-12)15-14(17)10-18-13-7-2-1-3-8-13/h4-6,9,13,16H,1-3,7-8,10H2,(H,15,17). The summed E-state index contributed by atoms with van der Waals surface area (Å²) in [6.07, 6.45) is 6.00. The molecule has 18 heavy (non-hydrogen) atoms. The van der Waals surface area contributed by atoms with Crippen molar-refractivity contribution in [3.05, 3.63) is 24.3 Å². The molecule has 1 amide bonds. The number of carbonyl (C=O) groups is 1. The van der Waals surface area contributed by atoms with E-state index < -0.39 is 0 Å². The lowest BCUT2D eigenvalue weighted by Crippen LogP contribution is -2.24. The SMILES string of the molecule is O=C(COC1CCCCC1)Nc1cccc(O)c1. The fourth-order valence-electron chi connectivity index (χ4n) is 2.21. The average molecular weight is 249 g/mol. The minimum atomic E-state index is -0.175. The van der Waals surface area contributed by atoms with E-state index in [1.165, 1.54) is 25.3 Å². The highest BCUT2D eigenvalue weighted by atomic mass is 16.5. The van der Waals surface area contributed by atoms with Gasteiger partial charge in [-0.2, -0.15) is 0 Å². The zero-order chi connectivity index (χ0) is 12.8. The molecule has 1 fully saturated rings. The molecule has 0 aromatic heterocycles. The average Bonchev–Trinajstić information content (AvgIpc) is 2.38. The molecule has 1 aromatic carbocycles. The topological polar surface area (TPSA) is 58.6 Å². The summed E-state index contributed by atoms with van der Waals surface area (Å²) in [5.74, 6) is -0.0350. The number of phenolic OH excluding ortho intramolecular Hbond substituents is 1. The Kier molecular flexibility index (Phi) is 4.59. The monoisotopic (exact) mass is 249 g/mol. The first-order valence-corrected chi connectivity index (χ1v) is 6.44. The number of benzene rings is 1. The van der Waals surface area contributed by atoms with Crippen LogP contribution in [0, 0.1) is 0 Å². The summed E-state index contributed by atoms with van der Waals surface area (Å²) in [4.78, 5) is 11.6. The number of carbonyl (C=O) groups excluding carboxylic acids is 1. The molecule has 98 valence electrons. The summed E-state index contributed by atoms with van der Waals surface area (Å²) in [6.45, 7) is 0.0837. The van der Waals surface area contributed by atoms with Crippen molar-refractivity contribution in [3.63, 3.8) is 0 Å². The van der Waals surface area contributed by atoms with Crippen LogP contribution in [-0.2, 0) is 9.53 Å². The molecule has 0 radical (unpaired) electrons. The summed E-state index contributed by atoms with van der Waals surface area (Å²) in [7, 11) is 0. The Morgan fingerprint density at radius 3 is 2.83 bits per heavy atom. The van der Waals surface area contributed by atoms with Gasteiger partial charge in [0.1, 0.15) is 12.4 Å². The quantitative estimate of drug-likeness (QED) is 0.862. The van der Waals surface area contributed by atoms with E-state index in [0.717, 1.165) is 12.8 Å². The van der Waals surface area contributed by atoms with Crippen LogP contribution >= 0.6 is 0 Å². The number of anilines is 1. The fourth-order valence-corrected chi connectivity index (χ4v) is 2.21. The maximum Gasteiger partial charge on any atom is 0.250 e. The molecule has 0 aliphatic heterocycles. The Hall–Kier alpha value is -1.55. The van der Waals surface area contributed by atoms with Crippen LogP contribution in [0.1, 0.15) is 32.1 Å². The maximum atomic E-state index is 11.6. The molecule has 2 rings (SSSR count). The van der Waals surface area contributed by atoms with Crippen LogP contribution < -0.4 is 5.32 Å². The van der Waals surface area contributed by atoms with Crippen LogP contribution in [0.3, 0.4) is 0 Å². The molecule has 0 heterocycles. The fraction of sp³-hybridized carbons (Fsp3) is 0.500. The van der Waals surface area contributed by atoms with Crippen LogP contribution in [0.15, 0.2) is 24.3 Å². The van der Waals surface area contributed by atoms with Gasteiger partial charge in [-0.15, -0.1) is 0 Å². The van der Waals surface area contributed by atoms with Gasteiger partial charge in [-0.1, -0.05) is 25.3 Å². The maximum absolute atomic E-state index is 11.6. The Labute approximate surface area is 107 Å². The van der Waals surface area contributed by atoms with Crippen molar-refractivity contribution in [2.75, 3.05) is 11.9 Å². The second-order valence-electron chi connectivity index (χ2n) is 4.67. The second kappa shape index (κ2) is 6.40. The van der Waals surface area contributed by atoms with Crippen LogP contribution in [0.4, 0.5) is 5.69 Å². The molecule has 1 saturated carbocycles. The molecule has 0 bridgehead atoms. The lowest BCUT2D eigenvalue weighted by atomic mass is 9.98. The third-order valence-corrected chi connectivity index (χ3v) is 3.13. The number of ether oxygens (including phenoxy) is 1. The number of amides is 1. The third kappa shape index (κ3) is 4.04. The van der Waals surface area contributed by atoms with Crippen molar-refractivity contribution >= 4 is 11.6 Å². The first-order valence-electron chi connectivity index (χ1n) is 6.44. The van der Waals surface area contributed by atoms with Gasteiger partial charge in [0.15, 0.2) is 0 Å². The number of aromatic hydroxyl groups is 1. The van der Waals surface area contributed by atoms with Gasteiger partial charge in [-0.3, -0.25) is 4.79 Å². The summed E-state index contributed by atoms with van der Waals surface area (Å²) >= 11 is 0. The van der Waals surface area contributed by atoms with Gasteiger partial charge < -0.3 is 15.2 Å². The van der Waals surface area contributed by atoms with Gasteiger partial charge in [0, 0.05) is 11.8 Å². The van der Waals surface area contributed by atoms with Crippen LogP contribution in [-0.4, -0.2) is 23.7 Å². The summed E-state index contributed by atoms with van der Waals surface area (Å²) in [5.41, 5.74) is 0.590. The van der Waals surface area contributed by atoms with Crippen molar-refractivity contribution < 1.29 is 14.6 Å². The predicted octanol–water partition coefficient (Wildman–Crippen LogP) is 2.68. The molecule has 0 atom stereocenters. The van der Waals surface area contributed by atoms with Crippen LogP contribution in [0.25, 0.3) is 0 Å². The zero-order valence-electron chi connectivity index (χ0n) is 10.4. The van der Waals surface area contributed by atoms with E-state index in [-0.39, 0.29) is 24.4 Å². The molecule has 2 N–H and O–H groups in total. The molecule has 4 heteroatoms. The van der Waals surface area contributed by atoms with E-state index in [1.54, 1.807) is 18.2 Å². The van der Waals surface area contributed by atoms with Crippen molar-refractivity contribution in [2.45, 2.75) is 38.2 Å². The van der Waals surface area contributed by atoms with Crippen molar-refractivity contribution in [1.82, 2.24) is 0 Å². The van der Waals surface area contributed by atoms with Crippen molar-refractivity contribution in [3.8, 4) is 5.75 Å². The van der Waals surface area contributed by atoms with E-state index in [1.807, 2.05) is 0 Å².